The largest absolute Gasteiger partial charge is 0.459 e. The molecular formula is C28H36F7NO5S. The molecule has 0 bridgehead atoms. The molecule has 6 nitrogen and oxygen atoms in total. The Morgan fingerprint density at radius 2 is 1.81 bits per heavy atom. The number of alkyl halides is 7. The summed E-state index contributed by atoms with van der Waals surface area (Å²) in [4.78, 5) is 0. The van der Waals surface area contributed by atoms with Gasteiger partial charge in [0.25, 0.3) is 0 Å². The Kier molecular flexibility index (Phi) is 8.58. The van der Waals surface area contributed by atoms with Crippen LogP contribution in [-0.4, -0.2) is 53.4 Å². The average molecular weight is 632 g/mol. The lowest BCUT2D eigenvalue weighted by Gasteiger charge is -2.60. The van der Waals surface area contributed by atoms with Crippen molar-refractivity contribution in [2.75, 3.05) is 4.72 Å². The summed E-state index contributed by atoms with van der Waals surface area (Å²) in [6.45, 7) is 6.16. The fourth-order valence-electron chi connectivity index (χ4n) is 8.24. The molecule has 0 spiro atoms. The zero-order valence-corrected chi connectivity index (χ0v) is 23.8. The molecule has 1 aromatic carbocycles. The maximum Gasteiger partial charge on any atom is 0.459 e. The molecule has 3 unspecified atom stereocenters. The van der Waals surface area contributed by atoms with Gasteiger partial charge in [-0.05, 0) is 96.8 Å². The van der Waals surface area contributed by atoms with E-state index < -0.39 is 57.8 Å². The number of rotatable bonds is 10. The third kappa shape index (κ3) is 5.45. The molecule has 4 N–H and O–H groups in total. The third-order valence-electron chi connectivity index (χ3n) is 10.1. The van der Waals surface area contributed by atoms with Gasteiger partial charge < -0.3 is 10.2 Å². The van der Waals surface area contributed by atoms with Crippen LogP contribution in [0.4, 0.5) is 36.4 Å². The molecule has 0 radical (unpaired) electrons. The van der Waals surface area contributed by atoms with Crippen molar-refractivity contribution in [1.29, 1.82) is 0 Å². The molecule has 14 heteroatoms. The van der Waals surface area contributed by atoms with Gasteiger partial charge in [-0.1, -0.05) is 31.9 Å². The minimum Gasteiger partial charge on any atom is -0.393 e. The molecule has 2 saturated carbocycles. The van der Waals surface area contributed by atoms with Gasteiger partial charge in [-0.3, -0.25) is 9.27 Å². The van der Waals surface area contributed by atoms with Crippen molar-refractivity contribution in [3.63, 3.8) is 0 Å². The van der Waals surface area contributed by atoms with Gasteiger partial charge in [0.15, 0.2) is 0 Å². The molecule has 3 aliphatic carbocycles. The van der Waals surface area contributed by atoms with Crippen LogP contribution in [0.25, 0.3) is 0 Å². The number of benzene rings is 1. The molecule has 1 aromatic rings. The van der Waals surface area contributed by atoms with Gasteiger partial charge in [0.1, 0.15) is 6.10 Å². The third-order valence-corrected chi connectivity index (χ3v) is 10.6. The monoisotopic (exact) mass is 631 g/mol. The second kappa shape index (κ2) is 10.9. The van der Waals surface area contributed by atoms with E-state index in [4.69, 9.17) is 0 Å². The standard InChI is InChI=1S/C28H36F7NO5S/c1-3-25-13-12-16-14-18(36-42(39,40)41)8-9-19(16)23(25)17(15-24(2)20(25)10-11-21(24)37)6-4-5-7-22(38)26(29,30)27(31,32)28(33,34)35/h3,8-9,14,17,20-23,36-38H,1,4-7,10-13,15H2,2H3,(H,39,40,41)/t17-,20?,21-,22+,23?,24-,25?/m0/s1. The molecule has 4 rings (SSSR count). The number of aliphatic hydroxyl groups is 2. The van der Waals surface area contributed by atoms with Crippen LogP contribution in [0, 0.1) is 22.7 Å². The molecule has 42 heavy (non-hydrogen) atoms. The smallest absolute Gasteiger partial charge is 0.393 e. The number of hydrogen-bond donors (Lipinski definition) is 4. The van der Waals surface area contributed by atoms with Gasteiger partial charge in [-0.15, -0.1) is 6.58 Å². The molecule has 3 aliphatic rings. The van der Waals surface area contributed by atoms with E-state index in [0.29, 0.717) is 32.1 Å². The number of aryl methyl sites for hydroxylation is 1. The molecular weight excluding hydrogens is 595 g/mol. The highest BCUT2D eigenvalue weighted by atomic mass is 32.2. The number of halogens is 7. The second-order valence-corrected chi connectivity index (χ2v) is 13.6. The highest BCUT2D eigenvalue weighted by Crippen LogP contribution is 2.69. The van der Waals surface area contributed by atoms with Crippen molar-refractivity contribution in [1.82, 2.24) is 0 Å². The molecule has 0 aliphatic heterocycles. The highest BCUT2D eigenvalue weighted by molar-refractivity contribution is 7.87. The summed E-state index contributed by atoms with van der Waals surface area (Å²) in [6, 6.07) is 4.90. The Morgan fingerprint density at radius 3 is 2.40 bits per heavy atom. The average Bonchev–Trinajstić information content (AvgIpc) is 3.18. The van der Waals surface area contributed by atoms with Crippen LogP contribution in [-0.2, 0) is 16.7 Å². The minimum absolute atomic E-state index is 0.0626. The zero-order valence-electron chi connectivity index (χ0n) is 23.0. The fourth-order valence-corrected chi connectivity index (χ4v) is 8.67. The number of hydrogen-bond acceptors (Lipinski definition) is 4. The summed E-state index contributed by atoms with van der Waals surface area (Å²) in [5.74, 6) is -12.4. The van der Waals surface area contributed by atoms with Gasteiger partial charge in [-0.25, -0.2) is 0 Å². The fraction of sp³-hybridized carbons (Fsp3) is 0.714. The lowest BCUT2D eigenvalue weighted by Crippen LogP contribution is -2.57. The van der Waals surface area contributed by atoms with Crippen LogP contribution in [0.1, 0.15) is 75.3 Å². The molecule has 238 valence electrons. The van der Waals surface area contributed by atoms with Crippen LogP contribution < -0.4 is 4.72 Å². The first-order valence-corrected chi connectivity index (χ1v) is 15.4. The van der Waals surface area contributed by atoms with Crippen molar-refractivity contribution in [3.05, 3.63) is 42.0 Å². The van der Waals surface area contributed by atoms with Crippen molar-refractivity contribution in [3.8, 4) is 0 Å². The van der Waals surface area contributed by atoms with Crippen LogP contribution in [0.15, 0.2) is 30.9 Å². The second-order valence-electron chi connectivity index (χ2n) is 12.4. The van der Waals surface area contributed by atoms with E-state index in [1.165, 1.54) is 6.07 Å². The van der Waals surface area contributed by atoms with Gasteiger partial charge in [0.05, 0.1) is 11.8 Å². The Labute approximate surface area is 240 Å². The van der Waals surface area contributed by atoms with Crippen LogP contribution in [0.2, 0.25) is 0 Å². The topological polar surface area (TPSA) is 107 Å². The highest BCUT2D eigenvalue weighted by Gasteiger charge is 2.75. The summed E-state index contributed by atoms with van der Waals surface area (Å²) in [7, 11) is -4.51. The maximum absolute atomic E-state index is 13.9. The predicted octanol–water partition coefficient (Wildman–Crippen LogP) is 6.65. The van der Waals surface area contributed by atoms with E-state index in [0.717, 1.165) is 17.5 Å². The van der Waals surface area contributed by atoms with E-state index in [1.54, 1.807) is 12.1 Å². The zero-order chi connectivity index (χ0) is 31.5. The predicted molar refractivity (Wildman–Crippen MR) is 141 cm³/mol. The van der Waals surface area contributed by atoms with E-state index in [-0.39, 0.29) is 36.3 Å². The van der Waals surface area contributed by atoms with Crippen molar-refractivity contribution >= 4 is 16.0 Å². The van der Waals surface area contributed by atoms with Gasteiger partial charge in [0.2, 0.25) is 0 Å². The Bertz CT molecular complexity index is 1290. The van der Waals surface area contributed by atoms with E-state index in [9.17, 15) is 53.9 Å². The lowest BCUT2D eigenvalue weighted by atomic mass is 9.44. The molecule has 0 amide bonds. The van der Waals surface area contributed by atoms with Crippen molar-refractivity contribution in [2.45, 2.75) is 101 Å². The first-order valence-electron chi connectivity index (χ1n) is 13.9. The summed E-state index contributed by atoms with van der Waals surface area (Å²) >= 11 is 0. The van der Waals surface area contributed by atoms with Gasteiger partial charge in [0, 0.05) is 0 Å². The van der Waals surface area contributed by atoms with Gasteiger partial charge >= 0.3 is 28.3 Å². The van der Waals surface area contributed by atoms with E-state index >= 15 is 0 Å². The quantitative estimate of drug-likeness (QED) is 0.100. The summed E-state index contributed by atoms with van der Waals surface area (Å²) in [6.07, 6.45) is -6.06. The number of fused-ring (bicyclic) bond motifs is 5. The maximum atomic E-state index is 13.9. The summed E-state index contributed by atoms with van der Waals surface area (Å²) < 4.78 is 126. The summed E-state index contributed by atoms with van der Waals surface area (Å²) in [5.41, 5.74) is 0.943. The van der Waals surface area contributed by atoms with Crippen molar-refractivity contribution in [2.24, 2.45) is 22.7 Å². The SMILES string of the molecule is C=CC12CCc3cc(NS(=O)(=O)O)ccc3C1[C@@H](CCCC[C@@H](O)C(F)(F)C(F)(F)C(F)(F)F)C[C@@]1(C)C2CC[C@@H]1O. The van der Waals surface area contributed by atoms with Crippen LogP contribution in [0.3, 0.4) is 0 Å². The number of anilines is 1. The lowest BCUT2D eigenvalue weighted by molar-refractivity contribution is -0.371. The Hall–Kier alpha value is -1.90. The normalized spacial score (nSPS) is 32.5. The molecule has 7 atom stereocenters. The van der Waals surface area contributed by atoms with Crippen molar-refractivity contribution < 1.29 is 53.9 Å². The van der Waals surface area contributed by atoms with Crippen LogP contribution >= 0.6 is 0 Å². The number of unbranched alkanes of at least 4 members (excludes halogenated alkanes) is 1. The first-order chi connectivity index (χ1) is 19.2. The Morgan fingerprint density at radius 1 is 1.14 bits per heavy atom. The number of allylic oxidation sites excluding steroid dienone is 1. The van der Waals surface area contributed by atoms with E-state index in [2.05, 4.69) is 6.58 Å². The summed E-state index contributed by atoms with van der Waals surface area (Å²) in [5, 5.41) is 20.7. The number of nitrogens with one attached hydrogen (secondary N) is 1. The van der Waals surface area contributed by atoms with E-state index in [1.807, 2.05) is 17.7 Å². The first kappa shape index (κ1) is 33.0. The molecule has 0 heterocycles. The molecule has 2 fully saturated rings. The van der Waals surface area contributed by atoms with Crippen LogP contribution in [0.5, 0.6) is 0 Å². The van der Waals surface area contributed by atoms with Gasteiger partial charge in [-0.2, -0.15) is 39.2 Å². The molecule has 0 saturated heterocycles. The minimum atomic E-state index is -6.52. The molecule has 0 aromatic heterocycles. The number of aliphatic hydroxyl groups excluding tert-OH is 2. The Balaban J connectivity index is 1.59.